The first-order valence-electron chi connectivity index (χ1n) is 27.6. The van der Waals surface area contributed by atoms with Gasteiger partial charge in [0.05, 0.1) is 12.9 Å². The molecule has 0 saturated heterocycles. The molecular formula is C54H84N16O12. The van der Waals surface area contributed by atoms with Crippen LogP contribution in [-0.2, 0) is 70.4 Å². The summed E-state index contributed by atoms with van der Waals surface area (Å²) < 4.78 is 0. The fraction of sp³-hybridized carbons (Fsp3) is 0.574. The molecule has 3 aromatic rings. The first-order chi connectivity index (χ1) is 38.9. The molecular weight excluding hydrogens is 1060 g/mol. The average molecular weight is 1150 g/mol. The predicted molar refractivity (Wildman–Crippen MR) is 301 cm³/mol. The van der Waals surface area contributed by atoms with E-state index >= 15 is 0 Å². The summed E-state index contributed by atoms with van der Waals surface area (Å²) in [5.74, 6) is -9.03. The molecule has 452 valence electrons. The largest absolute Gasteiger partial charge is 0.370 e. The number of H-pyrrole nitrogens is 2. The molecule has 0 radical (unpaired) electrons. The molecule has 0 aliphatic rings. The minimum Gasteiger partial charge on any atom is -0.370 e. The van der Waals surface area contributed by atoms with Crippen molar-refractivity contribution in [1.29, 1.82) is 0 Å². The number of hydrogen-bond acceptors (Lipinski definition) is 14. The maximum Gasteiger partial charge on any atom is 0.243 e. The van der Waals surface area contributed by atoms with Gasteiger partial charge in [-0.3, -0.25) is 57.5 Å². The second kappa shape index (κ2) is 35.3. The van der Waals surface area contributed by atoms with E-state index in [0.29, 0.717) is 18.5 Å². The first-order valence-corrected chi connectivity index (χ1v) is 27.6. The van der Waals surface area contributed by atoms with Crippen LogP contribution in [0.1, 0.15) is 117 Å². The normalized spacial score (nSPS) is 13.7. The number of carbonyl (C=O) groups excluding carboxylic acids is 12. The Morgan fingerprint density at radius 3 is 1.80 bits per heavy atom. The number of nitrogens with one attached hydrogen (secondary N) is 12. The monoisotopic (exact) mass is 1150 g/mol. The number of nitrogens with zero attached hydrogens (tertiary/aromatic N) is 1. The Morgan fingerprint density at radius 2 is 1.18 bits per heavy atom. The highest BCUT2D eigenvalue weighted by atomic mass is 16.2. The number of benzene rings is 1. The maximum atomic E-state index is 14.1. The van der Waals surface area contributed by atoms with Gasteiger partial charge >= 0.3 is 0 Å². The van der Waals surface area contributed by atoms with Gasteiger partial charge in [0.1, 0.15) is 42.3 Å². The van der Waals surface area contributed by atoms with Crippen molar-refractivity contribution in [2.75, 3.05) is 26.2 Å². The smallest absolute Gasteiger partial charge is 0.243 e. The van der Waals surface area contributed by atoms with Gasteiger partial charge in [-0.1, -0.05) is 65.7 Å². The summed E-state index contributed by atoms with van der Waals surface area (Å²) in [6.07, 6.45) is 5.75. The van der Waals surface area contributed by atoms with E-state index in [-0.39, 0.29) is 89.2 Å². The van der Waals surface area contributed by atoms with Gasteiger partial charge in [0, 0.05) is 80.7 Å². The van der Waals surface area contributed by atoms with Gasteiger partial charge in [0.25, 0.3) is 0 Å². The zero-order chi connectivity index (χ0) is 60.9. The van der Waals surface area contributed by atoms with Crippen LogP contribution in [0.4, 0.5) is 0 Å². The van der Waals surface area contributed by atoms with Crippen molar-refractivity contribution in [2.45, 2.75) is 161 Å². The summed E-state index contributed by atoms with van der Waals surface area (Å²) in [4.78, 5) is 167. The van der Waals surface area contributed by atoms with Crippen LogP contribution in [0.5, 0.6) is 0 Å². The van der Waals surface area contributed by atoms with Crippen molar-refractivity contribution in [3.8, 4) is 0 Å². The number of rotatable bonds is 38. The first kappa shape index (κ1) is 67.8. The van der Waals surface area contributed by atoms with Crippen molar-refractivity contribution in [2.24, 2.45) is 29.0 Å². The number of nitrogens with two attached hydrogens (primary N) is 3. The average Bonchev–Trinajstić information content (AvgIpc) is 4.16. The maximum absolute atomic E-state index is 14.1. The minimum absolute atomic E-state index is 0.0171. The molecule has 0 fully saturated rings. The Kier molecular flexibility index (Phi) is 29.2. The van der Waals surface area contributed by atoms with Crippen molar-refractivity contribution in [3.63, 3.8) is 0 Å². The molecule has 0 aliphatic carbocycles. The van der Waals surface area contributed by atoms with Gasteiger partial charge in [-0.2, -0.15) is 0 Å². The molecule has 1 unspecified atom stereocenters. The number of aromatic nitrogens is 3. The van der Waals surface area contributed by atoms with Gasteiger partial charge < -0.3 is 80.3 Å². The van der Waals surface area contributed by atoms with E-state index in [2.05, 4.69) is 68.1 Å². The Morgan fingerprint density at radius 1 is 0.585 bits per heavy atom. The Balaban J connectivity index is 1.72. The summed E-state index contributed by atoms with van der Waals surface area (Å²) in [6, 6.07) is -1.22. The third-order valence-electron chi connectivity index (χ3n) is 13.0. The molecule has 0 saturated carbocycles. The number of carbonyl (C=O) groups is 12. The lowest BCUT2D eigenvalue weighted by atomic mass is 10.0. The standard InChI is InChI=1S/C54H84N16O12/c1-7-8-12-37(48(57)76)67-52(80)40(24-30(2)3)69-53(81)41(25-34-27-58-29-63-34)66-46(75)28-62-54(82)47(31(4)5)70-49(77)32(6)64-50(78)39(15-14-33-26-61-36-13-10-9-11-35(33)36)68-51(79)38(16-17-42(56)71)65-45(74)20-23-60-44(73)19-22-59-43(72)18-21-55/h9-11,13,26-27,29-32,37-41,47,61H,7-8,12,14-25,28,55H2,1-6H3,(H2,56,71)(H2,57,76)(H,58,63)(H,59,72)(H,60,73)(H,62,82)(H,64,78)(H,65,74)(H,66,75)(H,67,80)(H,68,79)(H,69,81)(H,70,77)/t32-,37-,38-,39-,40-,41-,47?/m0/s1. The molecule has 12 amide bonds. The Labute approximate surface area is 476 Å². The molecule has 0 spiro atoms. The molecule has 2 aromatic heterocycles. The molecule has 82 heavy (non-hydrogen) atoms. The van der Waals surface area contributed by atoms with E-state index in [1.54, 1.807) is 20.0 Å². The summed E-state index contributed by atoms with van der Waals surface area (Å²) in [6.45, 7) is 9.64. The van der Waals surface area contributed by atoms with E-state index < -0.39 is 120 Å². The van der Waals surface area contributed by atoms with Crippen molar-refractivity contribution < 1.29 is 57.5 Å². The lowest BCUT2D eigenvalue weighted by Crippen LogP contribution is -2.59. The van der Waals surface area contributed by atoms with Gasteiger partial charge in [-0.25, -0.2) is 4.98 Å². The number of fused-ring (bicyclic) bond motifs is 1. The summed E-state index contributed by atoms with van der Waals surface area (Å²) >= 11 is 0. The fourth-order valence-corrected chi connectivity index (χ4v) is 8.42. The Hall–Kier alpha value is -8.43. The zero-order valence-electron chi connectivity index (χ0n) is 47.6. The molecule has 0 aliphatic heterocycles. The third kappa shape index (κ3) is 24.5. The summed E-state index contributed by atoms with van der Waals surface area (Å²) in [5, 5.41) is 26.8. The number of aromatic amines is 2. The SMILES string of the molecule is CCCC[C@H](NC(=O)[C@H](CC(C)C)NC(=O)[C@H](Cc1cnc[nH]1)NC(=O)CNC(=O)C(NC(=O)[C@H](C)NC(=O)[C@H](CCc1c[nH]c2ccccc12)NC(=O)[C@H](CCC(N)=O)NC(=O)CCNC(=O)CCNC(=O)CCN)C(C)C)C(N)=O. The lowest BCUT2D eigenvalue weighted by molar-refractivity contribution is -0.135. The van der Waals surface area contributed by atoms with E-state index in [1.807, 2.05) is 45.0 Å². The van der Waals surface area contributed by atoms with Crippen LogP contribution in [0, 0.1) is 11.8 Å². The molecule has 28 nitrogen and oxygen atoms in total. The van der Waals surface area contributed by atoms with Gasteiger partial charge in [0.15, 0.2) is 0 Å². The minimum atomic E-state index is -1.37. The predicted octanol–water partition coefficient (Wildman–Crippen LogP) is -2.40. The van der Waals surface area contributed by atoms with Crippen LogP contribution in [-0.4, -0.2) is 154 Å². The van der Waals surface area contributed by atoms with Crippen molar-refractivity contribution in [3.05, 3.63) is 54.2 Å². The molecule has 3 rings (SSSR count). The van der Waals surface area contributed by atoms with Crippen molar-refractivity contribution in [1.82, 2.24) is 68.1 Å². The summed E-state index contributed by atoms with van der Waals surface area (Å²) in [5.41, 5.74) is 18.4. The Bertz CT molecular complexity index is 2640. The van der Waals surface area contributed by atoms with Gasteiger partial charge in [-0.15, -0.1) is 0 Å². The second-order valence-corrected chi connectivity index (χ2v) is 20.7. The van der Waals surface area contributed by atoms with Crippen molar-refractivity contribution >= 4 is 81.8 Å². The van der Waals surface area contributed by atoms with Gasteiger partial charge in [0.2, 0.25) is 70.9 Å². The highest BCUT2D eigenvalue weighted by Gasteiger charge is 2.33. The van der Waals surface area contributed by atoms with Crippen LogP contribution >= 0.6 is 0 Å². The van der Waals surface area contributed by atoms with E-state index in [1.165, 1.54) is 19.4 Å². The number of primary amides is 2. The number of aryl methyl sites for hydroxylation is 1. The van der Waals surface area contributed by atoms with Crippen LogP contribution in [0.3, 0.4) is 0 Å². The summed E-state index contributed by atoms with van der Waals surface area (Å²) in [7, 11) is 0. The molecule has 0 bridgehead atoms. The zero-order valence-corrected chi connectivity index (χ0v) is 47.6. The number of unbranched alkanes of at least 4 members (excludes halogenated alkanes) is 1. The molecule has 28 heteroatoms. The quantitative estimate of drug-likeness (QED) is 0.0285. The van der Waals surface area contributed by atoms with Crippen LogP contribution in [0.25, 0.3) is 10.9 Å². The van der Waals surface area contributed by atoms with E-state index in [0.717, 1.165) is 22.9 Å². The highest BCUT2D eigenvalue weighted by molar-refractivity contribution is 5.98. The molecule has 7 atom stereocenters. The topological polar surface area (TPSA) is 448 Å². The number of hydrogen-bond donors (Lipinski definition) is 15. The number of imidazole rings is 1. The molecule has 18 N–H and O–H groups in total. The second-order valence-electron chi connectivity index (χ2n) is 20.7. The number of amides is 12. The van der Waals surface area contributed by atoms with Gasteiger partial charge in [-0.05, 0) is 62.5 Å². The van der Waals surface area contributed by atoms with Crippen LogP contribution in [0.15, 0.2) is 43.0 Å². The van der Waals surface area contributed by atoms with E-state index in [4.69, 9.17) is 17.2 Å². The van der Waals surface area contributed by atoms with Crippen LogP contribution in [0.2, 0.25) is 0 Å². The fourth-order valence-electron chi connectivity index (χ4n) is 8.42. The molecule has 1 aromatic carbocycles. The van der Waals surface area contributed by atoms with E-state index in [9.17, 15) is 57.5 Å². The lowest BCUT2D eigenvalue weighted by Gasteiger charge is -2.26. The molecule has 2 heterocycles. The van der Waals surface area contributed by atoms with Crippen LogP contribution < -0.4 is 70.4 Å². The number of para-hydroxylation sites is 1. The third-order valence-corrected chi connectivity index (χ3v) is 13.0. The highest BCUT2D eigenvalue weighted by Crippen LogP contribution is 2.20.